The third kappa shape index (κ3) is 3.98. The quantitative estimate of drug-likeness (QED) is 0.435. The minimum Gasteiger partial charge on any atom is -0.269 e. The summed E-state index contributed by atoms with van der Waals surface area (Å²) < 4.78 is 2.67. The second kappa shape index (κ2) is 8.17. The molecule has 0 fully saturated rings. The van der Waals surface area contributed by atoms with Crippen LogP contribution >= 0.6 is 11.6 Å². The number of allylic oxidation sites excluding steroid dienone is 1. The summed E-state index contributed by atoms with van der Waals surface area (Å²) in [5, 5.41) is 0.621. The van der Waals surface area contributed by atoms with Crippen LogP contribution in [0.4, 0.5) is 0 Å². The van der Waals surface area contributed by atoms with Gasteiger partial charge in [0.05, 0.1) is 11.4 Å². The molecule has 0 amide bonds. The highest BCUT2D eigenvalue weighted by Crippen LogP contribution is 2.20. The predicted octanol–water partition coefficient (Wildman–Crippen LogP) is 5.31. The van der Waals surface area contributed by atoms with Gasteiger partial charge in [-0.15, -0.1) is 0 Å². The lowest BCUT2D eigenvalue weighted by atomic mass is 10.1. The molecule has 0 unspecified atom stereocenters. The number of para-hydroxylation sites is 1. The number of hydrogen-bond donors (Lipinski definition) is 0. The van der Waals surface area contributed by atoms with E-state index in [1.807, 2.05) is 72.8 Å². The minimum absolute atomic E-state index is 0.416. The van der Waals surface area contributed by atoms with Crippen molar-refractivity contribution >= 4 is 23.6 Å². The molecule has 0 radical (unpaired) electrons. The number of imidazole rings is 1. The van der Waals surface area contributed by atoms with E-state index < -0.39 is 11.6 Å². The van der Waals surface area contributed by atoms with Crippen LogP contribution in [0.3, 0.4) is 0 Å². The van der Waals surface area contributed by atoms with Crippen molar-refractivity contribution in [1.82, 2.24) is 9.13 Å². The summed E-state index contributed by atoms with van der Waals surface area (Å²) in [6, 6.07) is 25.7. The van der Waals surface area contributed by atoms with Crippen LogP contribution < -0.4 is 5.69 Å². The lowest BCUT2D eigenvalue weighted by Gasteiger charge is -2.03. The first kappa shape index (κ1) is 18.7. The molecule has 4 rings (SSSR count). The molecule has 142 valence electrons. The second-order valence-electron chi connectivity index (χ2n) is 6.43. The SMILES string of the molecule is O=C(/C=C/c1ccc(Cl)cc1)n1c(-c2ccccc2)cn(-c2ccccc2)c1=O. The fraction of sp³-hybridized carbons (Fsp3) is 0. The van der Waals surface area contributed by atoms with Gasteiger partial charge in [-0.05, 0) is 35.9 Å². The Morgan fingerprint density at radius 1 is 0.828 bits per heavy atom. The van der Waals surface area contributed by atoms with Crippen molar-refractivity contribution in [3.63, 3.8) is 0 Å². The van der Waals surface area contributed by atoms with E-state index in [9.17, 15) is 9.59 Å². The molecule has 0 aliphatic carbocycles. The Morgan fingerprint density at radius 3 is 2.10 bits per heavy atom. The van der Waals surface area contributed by atoms with Crippen LogP contribution in [0.25, 0.3) is 23.0 Å². The van der Waals surface area contributed by atoms with Gasteiger partial charge in [0.1, 0.15) is 0 Å². The van der Waals surface area contributed by atoms with Gasteiger partial charge in [-0.1, -0.05) is 72.3 Å². The summed E-state index contributed by atoms with van der Waals surface area (Å²) >= 11 is 5.90. The molecule has 1 aromatic heterocycles. The summed E-state index contributed by atoms with van der Waals surface area (Å²) in [5.41, 5.74) is 2.42. The third-order valence-electron chi connectivity index (χ3n) is 4.50. The largest absolute Gasteiger partial charge is 0.340 e. The smallest absolute Gasteiger partial charge is 0.269 e. The van der Waals surface area contributed by atoms with Crippen LogP contribution in [0.1, 0.15) is 10.4 Å². The first-order chi connectivity index (χ1) is 14.1. The average Bonchev–Trinajstić information content (AvgIpc) is 3.11. The lowest BCUT2D eigenvalue weighted by molar-refractivity contribution is 0.0967. The highest BCUT2D eigenvalue weighted by atomic mass is 35.5. The molecule has 0 N–H and O–H groups in total. The van der Waals surface area contributed by atoms with E-state index in [2.05, 4.69) is 0 Å². The Hall–Kier alpha value is -3.63. The van der Waals surface area contributed by atoms with E-state index in [0.717, 1.165) is 11.1 Å². The maximum Gasteiger partial charge on any atom is 0.340 e. The summed E-state index contributed by atoms with van der Waals surface area (Å²) in [5.74, 6) is -0.418. The Morgan fingerprint density at radius 2 is 1.45 bits per heavy atom. The van der Waals surface area contributed by atoms with Gasteiger partial charge in [0.2, 0.25) is 0 Å². The molecule has 0 saturated heterocycles. The van der Waals surface area contributed by atoms with Crippen molar-refractivity contribution in [1.29, 1.82) is 0 Å². The second-order valence-corrected chi connectivity index (χ2v) is 6.86. The minimum atomic E-state index is -0.418. The molecule has 3 aromatic carbocycles. The lowest BCUT2D eigenvalue weighted by Crippen LogP contribution is -2.27. The van der Waals surface area contributed by atoms with Crippen LogP contribution in [0, 0.1) is 0 Å². The van der Waals surface area contributed by atoms with Crippen molar-refractivity contribution in [3.8, 4) is 16.9 Å². The van der Waals surface area contributed by atoms with Crippen molar-refractivity contribution in [2.45, 2.75) is 0 Å². The van der Waals surface area contributed by atoms with Gasteiger partial charge in [-0.2, -0.15) is 0 Å². The summed E-state index contributed by atoms with van der Waals surface area (Å²) in [4.78, 5) is 26.1. The standard InChI is InChI=1S/C24H17ClN2O2/c25-20-14-11-18(12-15-20)13-16-23(28)27-22(19-7-3-1-4-8-19)17-26(24(27)29)21-9-5-2-6-10-21/h1-17H/b16-13+. The first-order valence-corrected chi connectivity index (χ1v) is 9.44. The van der Waals surface area contributed by atoms with Crippen LogP contribution in [0.2, 0.25) is 5.02 Å². The van der Waals surface area contributed by atoms with E-state index in [1.54, 1.807) is 24.4 Å². The maximum absolute atomic E-state index is 13.1. The molecular formula is C24H17ClN2O2. The van der Waals surface area contributed by atoms with Crippen LogP contribution in [-0.2, 0) is 0 Å². The monoisotopic (exact) mass is 400 g/mol. The Labute approximate surface area is 172 Å². The molecule has 5 heteroatoms. The van der Waals surface area contributed by atoms with E-state index in [4.69, 9.17) is 11.6 Å². The number of aromatic nitrogens is 2. The maximum atomic E-state index is 13.1. The Kier molecular flexibility index (Phi) is 5.27. The number of hydrogen-bond acceptors (Lipinski definition) is 2. The van der Waals surface area contributed by atoms with Gasteiger partial charge in [0.15, 0.2) is 0 Å². The first-order valence-electron chi connectivity index (χ1n) is 9.07. The van der Waals surface area contributed by atoms with E-state index in [0.29, 0.717) is 16.4 Å². The number of carbonyl (C=O) groups excluding carboxylic acids is 1. The number of benzene rings is 3. The predicted molar refractivity (Wildman–Crippen MR) is 117 cm³/mol. The van der Waals surface area contributed by atoms with Gasteiger partial charge < -0.3 is 0 Å². The van der Waals surface area contributed by atoms with E-state index in [1.165, 1.54) is 15.2 Å². The van der Waals surface area contributed by atoms with Crippen LogP contribution in [0.5, 0.6) is 0 Å². The number of halogens is 1. The van der Waals surface area contributed by atoms with Crippen LogP contribution in [-0.4, -0.2) is 15.0 Å². The topological polar surface area (TPSA) is 44.0 Å². The van der Waals surface area contributed by atoms with Crippen molar-refractivity contribution in [2.75, 3.05) is 0 Å². The fourth-order valence-electron chi connectivity index (χ4n) is 3.06. The zero-order chi connectivity index (χ0) is 20.2. The summed E-state index contributed by atoms with van der Waals surface area (Å²) in [7, 11) is 0. The zero-order valence-corrected chi connectivity index (χ0v) is 16.2. The average molecular weight is 401 g/mol. The van der Waals surface area contributed by atoms with Crippen LogP contribution in [0.15, 0.2) is 102 Å². The number of carbonyl (C=O) groups is 1. The number of nitrogens with zero attached hydrogens (tertiary/aromatic N) is 2. The molecule has 4 nitrogen and oxygen atoms in total. The third-order valence-corrected chi connectivity index (χ3v) is 4.75. The molecule has 0 atom stereocenters. The molecule has 0 aliphatic heterocycles. The van der Waals surface area contributed by atoms with E-state index >= 15 is 0 Å². The Balaban J connectivity index is 1.80. The highest BCUT2D eigenvalue weighted by molar-refractivity contribution is 6.30. The summed E-state index contributed by atoms with van der Waals surface area (Å²) in [6.45, 7) is 0. The van der Waals surface area contributed by atoms with E-state index in [-0.39, 0.29) is 0 Å². The molecule has 0 spiro atoms. The van der Waals surface area contributed by atoms with Gasteiger partial charge >= 0.3 is 5.69 Å². The highest BCUT2D eigenvalue weighted by Gasteiger charge is 2.18. The zero-order valence-electron chi connectivity index (χ0n) is 15.4. The molecule has 0 bridgehead atoms. The molecule has 0 saturated carbocycles. The van der Waals surface area contributed by atoms with Gasteiger partial charge in [0, 0.05) is 22.9 Å². The molecule has 29 heavy (non-hydrogen) atoms. The van der Waals surface area contributed by atoms with Gasteiger partial charge in [0.25, 0.3) is 5.91 Å². The van der Waals surface area contributed by atoms with Crippen molar-refractivity contribution in [3.05, 3.63) is 118 Å². The normalized spacial score (nSPS) is 11.1. The molecule has 0 aliphatic rings. The van der Waals surface area contributed by atoms with Crippen molar-refractivity contribution in [2.24, 2.45) is 0 Å². The summed E-state index contributed by atoms with van der Waals surface area (Å²) in [6.07, 6.45) is 4.76. The number of rotatable bonds is 4. The molecular weight excluding hydrogens is 384 g/mol. The van der Waals surface area contributed by atoms with Gasteiger partial charge in [-0.25, -0.2) is 9.36 Å². The fourth-order valence-corrected chi connectivity index (χ4v) is 3.19. The molecule has 1 heterocycles. The Bertz CT molecular complexity index is 1220. The van der Waals surface area contributed by atoms with Crippen molar-refractivity contribution < 1.29 is 4.79 Å². The molecule has 4 aromatic rings. The van der Waals surface area contributed by atoms with Gasteiger partial charge in [-0.3, -0.25) is 9.36 Å².